The molecular formula is C46H46F2N12O8S2. The molecule has 0 N–H and O–H groups in total. The van der Waals surface area contributed by atoms with E-state index in [9.17, 15) is 25.6 Å². The summed E-state index contributed by atoms with van der Waals surface area (Å²) >= 11 is 0. The van der Waals surface area contributed by atoms with E-state index in [4.69, 9.17) is 18.9 Å². The number of aromatic nitrogens is 12. The first kappa shape index (κ1) is 50.0. The molecule has 0 aliphatic heterocycles. The molecule has 6 heterocycles. The zero-order valence-corrected chi connectivity index (χ0v) is 40.2. The number of sulfone groups is 2. The summed E-state index contributed by atoms with van der Waals surface area (Å²) in [6, 6.07) is 17.5. The Morgan fingerprint density at radius 3 is 1.14 bits per heavy atom. The van der Waals surface area contributed by atoms with Crippen LogP contribution in [0.2, 0.25) is 0 Å². The lowest BCUT2D eigenvalue weighted by Gasteiger charge is -2.18. The molecule has 0 unspecified atom stereocenters. The van der Waals surface area contributed by atoms with Gasteiger partial charge in [0.2, 0.25) is 0 Å². The van der Waals surface area contributed by atoms with Crippen LogP contribution in [0.5, 0.6) is 23.0 Å². The van der Waals surface area contributed by atoms with Crippen molar-refractivity contribution in [2.75, 3.05) is 28.4 Å². The van der Waals surface area contributed by atoms with Crippen LogP contribution in [0.1, 0.15) is 37.1 Å². The molecule has 70 heavy (non-hydrogen) atoms. The van der Waals surface area contributed by atoms with Gasteiger partial charge in [0.25, 0.3) is 0 Å². The van der Waals surface area contributed by atoms with Gasteiger partial charge in [0.15, 0.2) is 54.6 Å². The Hall–Kier alpha value is -7.86. The second kappa shape index (κ2) is 22.1. The van der Waals surface area contributed by atoms with Crippen LogP contribution in [0.15, 0.2) is 110 Å². The van der Waals surface area contributed by atoms with Gasteiger partial charge in [-0.05, 0) is 62.4 Å². The van der Waals surface area contributed by atoms with Crippen molar-refractivity contribution < 1.29 is 44.6 Å². The highest BCUT2D eigenvalue weighted by Crippen LogP contribution is 2.38. The number of halogens is 2. The van der Waals surface area contributed by atoms with Crippen LogP contribution in [0.3, 0.4) is 0 Å². The summed E-state index contributed by atoms with van der Waals surface area (Å²) in [6.07, 6.45) is 10.5. The maximum Gasteiger partial charge on any atom is 0.170 e. The Balaban J connectivity index is 0.000000206. The maximum absolute atomic E-state index is 13.3. The third-order valence-corrected chi connectivity index (χ3v) is 14.8. The van der Waals surface area contributed by atoms with Crippen molar-refractivity contribution in [2.45, 2.75) is 48.7 Å². The van der Waals surface area contributed by atoms with Gasteiger partial charge in [0.05, 0.1) is 63.7 Å². The van der Waals surface area contributed by atoms with Gasteiger partial charge >= 0.3 is 0 Å². The highest BCUT2D eigenvalue weighted by Gasteiger charge is 2.31. The van der Waals surface area contributed by atoms with E-state index in [1.807, 2.05) is 0 Å². The van der Waals surface area contributed by atoms with Crippen molar-refractivity contribution in [1.29, 1.82) is 0 Å². The second-order valence-corrected chi connectivity index (χ2v) is 20.2. The molecule has 0 saturated carbocycles. The lowest BCUT2D eigenvalue weighted by molar-refractivity contribution is 0.390. The van der Waals surface area contributed by atoms with E-state index in [1.165, 1.54) is 28.4 Å². The smallest absolute Gasteiger partial charge is 0.170 e. The molecule has 20 nitrogen and oxygen atoms in total. The average Bonchev–Trinajstić information content (AvgIpc) is 3.98. The fraction of sp³-hybridized carbons (Fsp3) is 0.261. The second-order valence-electron chi connectivity index (χ2n) is 15.3. The number of methoxy groups -OCH3 is 4. The number of pyridine rings is 2. The zero-order chi connectivity index (χ0) is 50.0. The van der Waals surface area contributed by atoms with Gasteiger partial charge in [-0.3, -0.25) is 19.1 Å². The minimum atomic E-state index is -3.75. The summed E-state index contributed by atoms with van der Waals surface area (Å²) in [4.78, 5) is 23.8. The number of hydrogen-bond acceptors (Lipinski definition) is 18. The lowest BCUT2D eigenvalue weighted by Crippen LogP contribution is -2.24. The molecule has 0 radical (unpaired) electrons. The molecule has 24 heteroatoms. The molecule has 364 valence electrons. The van der Waals surface area contributed by atoms with Gasteiger partial charge in [-0.25, -0.2) is 45.6 Å². The van der Waals surface area contributed by atoms with E-state index in [2.05, 4.69) is 50.3 Å². The normalized spacial score (nSPS) is 12.3. The third-order valence-electron chi connectivity index (χ3n) is 10.7. The molecule has 0 aliphatic rings. The molecule has 2 atom stereocenters. The Morgan fingerprint density at radius 2 is 0.843 bits per heavy atom. The largest absolute Gasteiger partial charge is 0.494 e. The molecule has 0 fully saturated rings. The van der Waals surface area contributed by atoms with Gasteiger partial charge in [-0.1, -0.05) is 12.1 Å². The van der Waals surface area contributed by atoms with Crippen molar-refractivity contribution in [3.8, 4) is 57.1 Å². The zero-order valence-electron chi connectivity index (χ0n) is 38.6. The van der Waals surface area contributed by atoms with Gasteiger partial charge < -0.3 is 18.9 Å². The first-order chi connectivity index (χ1) is 33.7. The minimum Gasteiger partial charge on any atom is -0.494 e. The van der Waals surface area contributed by atoms with Crippen LogP contribution in [-0.4, -0.2) is 115 Å². The quantitative estimate of drug-likeness (QED) is 0.101. The van der Waals surface area contributed by atoms with Crippen LogP contribution in [0, 0.1) is 11.6 Å². The molecular weight excluding hydrogens is 951 g/mol. The summed E-state index contributed by atoms with van der Waals surface area (Å²) in [5.74, 6) is 1.28. The summed E-state index contributed by atoms with van der Waals surface area (Å²) in [5, 5.41) is 15.3. The molecule has 0 amide bonds. The summed E-state index contributed by atoms with van der Waals surface area (Å²) in [7, 11) is -1.48. The number of rotatable bonds is 18. The van der Waals surface area contributed by atoms with Crippen LogP contribution in [0.4, 0.5) is 8.78 Å². The maximum atomic E-state index is 13.3. The molecule has 0 spiro atoms. The standard InChI is InChI=1S/2C23H23FN6O4S/c2*1-15(10-20-26-12-17(24)13-27-20)35(31,32)14-21-28-29-23(16-6-5-9-25-11-16)30(21)22-18(33-2)7-4-8-19(22)34-3/h2*4-9,11-13,15H,10,14H2,1-3H3/t2*15-/m10/s1. The molecule has 2 aromatic carbocycles. The van der Waals surface area contributed by atoms with Crippen LogP contribution < -0.4 is 18.9 Å². The average molecular weight is 997 g/mol. The van der Waals surface area contributed by atoms with Crippen LogP contribution in [0.25, 0.3) is 34.2 Å². The number of ether oxygens (including phenoxy) is 4. The minimum absolute atomic E-state index is 0.0180. The predicted molar refractivity (Wildman–Crippen MR) is 251 cm³/mol. The number of nitrogens with zero attached hydrogens (tertiary/aromatic N) is 12. The van der Waals surface area contributed by atoms with Crippen molar-refractivity contribution >= 4 is 19.7 Å². The molecule has 8 aromatic rings. The summed E-state index contributed by atoms with van der Waals surface area (Å²) in [6.45, 7) is 3.10. The fourth-order valence-electron chi connectivity index (χ4n) is 7.06. The number of benzene rings is 2. The lowest BCUT2D eigenvalue weighted by atomic mass is 10.2. The topological polar surface area (TPSA) is 244 Å². The third kappa shape index (κ3) is 11.3. The molecule has 0 bridgehead atoms. The van der Waals surface area contributed by atoms with Crippen LogP contribution >= 0.6 is 0 Å². The molecule has 6 aromatic heterocycles. The van der Waals surface area contributed by atoms with Crippen LogP contribution in [-0.2, 0) is 44.0 Å². The summed E-state index contributed by atoms with van der Waals surface area (Å²) < 4.78 is 105. The van der Waals surface area contributed by atoms with Crippen molar-refractivity contribution in [3.05, 3.63) is 145 Å². The molecule has 0 saturated heterocycles. The summed E-state index contributed by atoms with van der Waals surface area (Å²) in [5.41, 5.74) is 2.18. The molecule has 8 rings (SSSR count). The van der Waals surface area contributed by atoms with E-state index in [1.54, 1.807) is 108 Å². The fourth-order valence-corrected chi connectivity index (χ4v) is 9.53. The van der Waals surface area contributed by atoms with Crippen molar-refractivity contribution in [1.82, 2.24) is 59.4 Å². The predicted octanol–water partition coefficient (Wildman–Crippen LogP) is 5.64. The highest BCUT2D eigenvalue weighted by molar-refractivity contribution is 7.91. The van der Waals surface area contributed by atoms with Gasteiger partial charge in [0, 0.05) is 48.8 Å². The Labute approximate surface area is 401 Å². The van der Waals surface area contributed by atoms with E-state index in [-0.39, 0.29) is 36.1 Å². The Kier molecular flexibility index (Phi) is 15.8. The monoisotopic (exact) mass is 996 g/mol. The Bertz CT molecular complexity index is 3000. The number of para-hydroxylation sites is 2. The van der Waals surface area contributed by atoms with Crippen molar-refractivity contribution in [3.63, 3.8) is 0 Å². The SMILES string of the molecule is COc1cccc(OC)c1-n1c(CS(=O)(=O)[C@@H](C)Cc2ncc(F)cn2)nnc1-c1cccnc1.COc1cccc(OC)c1-n1c(CS(=O)(=O)[C@H](C)Cc2ncc(F)cn2)nnc1-c1cccnc1. The molecule has 0 aliphatic carbocycles. The first-order valence-corrected chi connectivity index (χ1v) is 24.6. The van der Waals surface area contributed by atoms with Gasteiger partial charge in [0.1, 0.15) is 57.5 Å². The van der Waals surface area contributed by atoms with Gasteiger partial charge in [-0.2, -0.15) is 0 Å². The first-order valence-electron chi connectivity index (χ1n) is 21.2. The van der Waals surface area contributed by atoms with Crippen molar-refractivity contribution in [2.24, 2.45) is 0 Å². The van der Waals surface area contributed by atoms with E-state index < -0.39 is 53.3 Å². The van der Waals surface area contributed by atoms with E-state index in [0.29, 0.717) is 57.1 Å². The van der Waals surface area contributed by atoms with E-state index in [0.717, 1.165) is 24.8 Å². The van der Waals surface area contributed by atoms with E-state index >= 15 is 0 Å². The van der Waals surface area contributed by atoms with Gasteiger partial charge in [-0.15, -0.1) is 20.4 Å². The number of hydrogen-bond donors (Lipinski definition) is 0. The highest BCUT2D eigenvalue weighted by atomic mass is 32.2. The Morgan fingerprint density at radius 1 is 0.500 bits per heavy atom.